The first-order valence-corrected chi connectivity index (χ1v) is 8.41. The number of nitro groups is 1. The van der Waals surface area contributed by atoms with Crippen LogP contribution in [0.3, 0.4) is 0 Å². The molecule has 2 amide bonds. The maximum Gasteiger partial charge on any atom is 0.270 e. The molecule has 6 unspecified atom stereocenters. The molecule has 126 valence electrons. The number of carbonyl (C=O) groups excluding carboxylic acids is 2. The number of allylic oxidation sites excluding steroid dienone is 2. The van der Waals surface area contributed by atoms with E-state index in [9.17, 15) is 19.7 Å². The van der Waals surface area contributed by atoms with Crippen LogP contribution in [0.2, 0.25) is 0 Å². The first-order valence-electron chi connectivity index (χ1n) is 8.41. The molecule has 0 N–H and O–H groups in total. The van der Waals surface area contributed by atoms with Gasteiger partial charge in [-0.05, 0) is 30.1 Å². The Hall–Kier alpha value is -2.83. The number of carbonyl (C=O) groups is 2. The van der Waals surface area contributed by atoms with Crippen molar-refractivity contribution < 1.29 is 14.5 Å². The summed E-state index contributed by atoms with van der Waals surface area (Å²) in [5.41, 5.74) is 0.424. The third-order valence-electron chi connectivity index (χ3n) is 6.04. The first kappa shape index (κ1) is 14.5. The van der Waals surface area contributed by atoms with Crippen LogP contribution in [0.4, 0.5) is 5.69 Å². The summed E-state index contributed by atoms with van der Waals surface area (Å²) in [6.07, 6.45) is 6.68. The topological polar surface area (TPSA) is 92.9 Å². The predicted molar refractivity (Wildman–Crippen MR) is 87.2 cm³/mol. The molecule has 2 bridgehead atoms. The highest BCUT2D eigenvalue weighted by molar-refractivity contribution is 6.06. The van der Waals surface area contributed by atoms with Crippen molar-refractivity contribution >= 4 is 23.7 Å². The molecule has 1 heterocycles. The molecule has 3 fully saturated rings. The van der Waals surface area contributed by atoms with Crippen LogP contribution in [0.15, 0.2) is 41.5 Å². The fraction of sp³-hybridized carbons (Fsp3) is 0.389. The predicted octanol–water partition coefficient (Wildman–Crippen LogP) is 1.98. The molecular formula is C18H15N3O4. The summed E-state index contributed by atoms with van der Waals surface area (Å²) in [4.78, 5) is 35.8. The van der Waals surface area contributed by atoms with Gasteiger partial charge in [0.15, 0.2) is 0 Å². The van der Waals surface area contributed by atoms with Gasteiger partial charge in [0.2, 0.25) is 0 Å². The minimum atomic E-state index is -0.492. The number of hydrazone groups is 1. The molecule has 7 heteroatoms. The van der Waals surface area contributed by atoms with Crippen LogP contribution in [0.5, 0.6) is 0 Å². The highest BCUT2D eigenvalue weighted by Crippen LogP contribution is 2.65. The molecule has 2 saturated carbocycles. The largest absolute Gasteiger partial charge is 0.272 e. The summed E-state index contributed by atoms with van der Waals surface area (Å²) in [5, 5.41) is 15.9. The molecule has 1 saturated heterocycles. The second kappa shape index (κ2) is 4.84. The van der Waals surface area contributed by atoms with Gasteiger partial charge in [-0.15, -0.1) is 0 Å². The number of hydrogen-bond acceptors (Lipinski definition) is 5. The molecule has 1 aromatic carbocycles. The van der Waals surface area contributed by atoms with Crippen LogP contribution in [0, 0.1) is 45.6 Å². The van der Waals surface area contributed by atoms with Gasteiger partial charge in [-0.2, -0.15) is 10.1 Å². The molecule has 0 radical (unpaired) electrons. The molecule has 7 nitrogen and oxygen atoms in total. The molecule has 0 aromatic heterocycles. The lowest BCUT2D eigenvalue weighted by molar-refractivity contribution is -0.384. The van der Waals surface area contributed by atoms with Crippen LogP contribution < -0.4 is 0 Å². The lowest BCUT2D eigenvalue weighted by Gasteiger charge is -2.37. The SMILES string of the molecule is O=C1C2C3C=CC(C4CC34)C2C(=O)N1N=Cc1cccc([N+](=O)[O-])c1. The van der Waals surface area contributed by atoms with Crippen LogP contribution in [0.1, 0.15) is 12.0 Å². The van der Waals surface area contributed by atoms with Crippen molar-refractivity contribution in [3.63, 3.8) is 0 Å². The monoisotopic (exact) mass is 337 g/mol. The number of amides is 2. The summed E-state index contributed by atoms with van der Waals surface area (Å²) in [6.45, 7) is 0. The van der Waals surface area contributed by atoms with Crippen LogP contribution in [-0.4, -0.2) is 28.0 Å². The average Bonchev–Trinajstić information content (AvgIpc) is 3.39. The van der Waals surface area contributed by atoms with Crippen LogP contribution in [0.25, 0.3) is 0 Å². The van der Waals surface area contributed by atoms with Gasteiger partial charge in [-0.1, -0.05) is 24.3 Å². The van der Waals surface area contributed by atoms with E-state index in [-0.39, 0.29) is 41.2 Å². The summed E-state index contributed by atoms with van der Waals surface area (Å²) >= 11 is 0. The van der Waals surface area contributed by atoms with E-state index in [0.717, 1.165) is 11.4 Å². The number of hydrogen-bond donors (Lipinski definition) is 0. The van der Waals surface area contributed by atoms with E-state index in [2.05, 4.69) is 17.3 Å². The van der Waals surface area contributed by atoms with E-state index in [0.29, 0.717) is 17.4 Å². The molecule has 5 aliphatic rings. The molecule has 1 aromatic rings. The minimum Gasteiger partial charge on any atom is -0.272 e. The summed E-state index contributed by atoms with van der Waals surface area (Å²) in [5.74, 6) is 0.385. The zero-order valence-electron chi connectivity index (χ0n) is 13.2. The third kappa shape index (κ3) is 1.95. The van der Waals surface area contributed by atoms with Crippen molar-refractivity contribution in [3.8, 4) is 0 Å². The Bertz CT molecular complexity index is 841. The molecule has 0 spiro atoms. The number of benzene rings is 1. The number of rotatable bonds is 3. The first-order chi connectivity index (χ1) is 12.1. The van der Waals surface area contributed by atoms with Gasteiger partial charge in [0.05, 0.1) is 23.0 Å². The fourth-order valence-corrected chi connectivity index (χ4v) is 4.90. The lowest BCUT2D eigenvalue weighted by Crippen LogP contribution is -2.40. The van der Waals surface area contributed by atoms with Gasteiger partial charge in [0.25, 0.3) is 17.5 Å². The zero-order chi connectivity index (χ0) is 17.3. The van der Waals surface area contributed by atoms with E-state index in [1.807, 2.05) is 0 Å². The van der Waals surface area contributed by atoms with Gasteiger partial charge >= 0.3 is 0 Å². The maximum absolute atomic E-state index is 12.7. The maximum atomic E-state index is 12.7. The molecule has 6 atom stereocenters. The Morgan fingerprint density at radius 3 is 2.36 bits per heavy atom. The smallest absolute Gasteiger partial charge is 0.270 e. The van der Waals surface area contributed by atoms with Crippen molar-refractivity contribution in [2.45, 2.75) is 6.42 Å². The minimum absolute atomic E-state index is 0.0565. The van der Waals surface area contributed by atoms with Gasteiger partial charge < -0.3 is 0 Å². The Balaban J connectivity index is 1.43. The van der Waals surface area contributed by atoms with Crippen molar-refractivity contribution in [2.24, 2.45) is 40.6 Å². The summed E-state index contributed by atoms with van der Waals surface area (Å²) in [7, 11) is 0. The molecule has 4 aliphatic carbocycles. The Labute approximate surface area is 143 Å². The van der Waals surface area contributed by atoms with E-state index in [1.54, 1.807) is 12.1 Å². The van der Waals surface area contributed by atoms with Gasteiger partial charge in [0, 0.05) is 17.7 Å². The Kier molecular flexibility index (Phi) is 2.81. The number of non-ortho nitro benzene ring substituents is 1. The van der Waals surface area contributed by atoms with Gasteiger partial charge in [-0.25, -0.2) is 0 Å². The van der Waals surface area contributed by atoms with Crippen molar-refractivity contribution in [1.29, 1.82) is 0 Å². The number of nitrogens with zero attached hydrogens (tertiary/aromatic N) is 3. The molecule has 1 aliphatic heterocycles. The third-order valence-corrected chi connectivity index (χ3v) is 6.04. The lowest BCUT2D eigenvalue weighted by atomic mass is 9.63. The van der Waals surface area contributed by atoms with Crippen molar-refractivity contribution in [3.05, 3.63) is 52.1 Å². The Morgan fingerprint density at radius 2 is 1.76 bits per heavy atom. The van der Waals surface area contributed by atoms with Gasteiger partial charge in [0.1, 0.15) is 0 Å². The van der Waals surface area contributed by atoms with Crippen LogP contribution in [-0.2, 0) is 9.59 Å². The highest BCUT2D eigenvalue weighted by atomic mass is 16.6. The van der Waals surface area contributed by atoms with E-state index in [1.165, 1.54) is 18.3 Å². The van der Waals surface area contributed by atoms with Crippen molar-refractivity contribution in [1.82, 2.24) is 5.01 Å². The van der Waals surface area contributed by atoms with E-state index >= 15 is 0 Å². The second-order valence-electron chi connectivity index (χ2n) is 7.24. The number of nitro benzene ring substituents is 1. The average molecular weight is 337 g/mol. The molecular weight excluding hydrogens is 322 g/mol. The van der Waals surface area contributed by atoms with Crippen molar-refractivity contribution in [2.75, 3.05) is 0 Å². The van der Waals surface area contributed by atoms with E-state index in [4.69, 9.17) is 0 Å². The number of imide groups is 1. The van der Waals surface area contributed by atoms with Gasteiger partial charge in [-0.3, -0.25) is 19.7 Å². The summed E-state index contributed by atoms with van der Waals surface area (Å²) in [6, 6.07) is 5.94. The highest BCUT2D eigenvalue weighted by Gasteiger charge is 2.67. The second-order valence-corrected chi connectivity index (χ2v) is 7.24. The standard InChI is InChI=1S/C18H15N3O4/c22-17-15-11-4-5-12(14-7-13(11)14)16(15)18(23)20(17)19-8-9-2-1-3-10(6-9)21(24)25/h1-6,8,11-16H,7H2. The Morgan fingerprint density at radius 1 is 1.12 bits per heavy atom. The molecule has 6 rings (SSSR count). The van der Waals surface area contributed by atoms with Crippen LogP contribution >= 0.6 is 0 Å². The molecule has 25 heavy (non-hydrogen) atoms. The fourth-order valence-electron chi connectivity index (χ4n) is 4.90. The normalized spacial score (nSPS) is 37.5. The summed E-state index contributed by atoms with van der Waals surface area (Å²) < 4.78 is 0. The van der Waals surface area contributed by atoms with E-state index < -0.39 is 4.92 Å². The quantitative estimate of drug-likeness (QED) is 0.277. The zero-order valence-corrected chi connectivity index (χ0v) is 13.2.